The fourth-order valence-corrected chi connectivity index (χ4v) is 3.88. The van der Waals surface area contributed by atoms with Gasteiger partial charge >= 0.3 is 24.3 Å². The van der Waals surface area contributed by atoms with E-state index in [1.807, 2.05) is 42.2 Å². The third-order valence-corrected chi connectivity index (χ3v) is 5.43. The summed E-state index contributed by atoms with van der Waals surface area (Å²) in [6.07, 6.45) is -6.82. The second-order valence-electron chi connectivity index (χ2n) is 8.08. The van der Waals surface area contributed by atoms with Gasteiger partial charge in [0, 0.05) is 30.7 Å². The van der Waals surface area contributed by atoms with Gasteiger partial charge in [-0.05, 0) is 37.6 Å². The lowest BCUT2D eigenvalue weighted by Crippen LogP contribution is -2.36. The first-order valence-corrected chi connectivity index (χ1v) is 10.7. The fraction of sp³-hybridized carbons (Fsp3) is 0.455. The number of halogens is 6. The van der Waals surface area contributed by atoms with Crippen molar-refractivity contribution in [2.75, 3.05) is 6.54 Å². The number of likely N-dealkylation sites (tertiary alicyclic amines) is 2. The van der Waals surface area contributed by atoms with Crippen molar-refractivity contribution in [3.63, 3.8) is 0 Å². The van der Waals surface area contributed by atoms with E-state index < -0.39 is 24.3 Å². The number of rotatable bonds is 4. The van der Waals surface area contributed by atoms with E-state index in [0.717, 1.165) is 36.7 Å². The molecule has 2 saturated heterocycles. The number of amides is 1. The molecule has 0 unspecified atom stereocenters. The molecule has 15 heteroatoms. The molecule has 0 spiro atoms. The van der Waals surface area contributed by atoms with Crippen LogP contribution in [0.2, 0.25) is 0 Å². The molecule has 0 bridgehead atoms. The van der Waals surface area contributed by atoms with E-state index in [-0.39, 0.29) is 5.91 Å². The summed E-state index contributed by atoms with van der Waals surface area (Å²) >= 11 is 0. The topological polar surface area (TPSA) is 124 Å². The Morgan fingerprint density at radius 3 is 2.08 bits per heavy atom. The number of carbonyl (C=O) groups excluding carboxylic acids is 1. The molecule has 9 nitrogen and oxygen atoms in total. The maximum atomic E-state index is 12.5. The summed E-state index contributed by atoms with van der Waals surface area (Å²) in [6.45, 7) is 4.41. The fourth-order valence-electron chi connectivity index (χ4n) is 3.88. The van der Waals surface area contributed by atoms with Crippen molar-refractivity contribution < 1.29 is 55.4 Å². The van der Waals surface area contributed by atoms with Gasteiger partial charge in [-0.15, -0.1) is 0 Å². The Kier molecular flexibility index (Phi) is 9.67. The second kappa shape index (κ2) is 12.1. The number of furan rings is 1. The summed E-state index contributed by atoms with van der Waals surface area (Å²) in [7, 11) is 0. The molecule has 204 valence electrons. The lowest BCUT2D eigenvalue weighted by molar-refractivity contribution is -0.193. The summed E-state index contributed by atoms with van der Waals surface area (Å²) < 4.78 is 68.9. The summed E-state index contributed by atoms with van der Waals surface area (Å²) in [6, 6.07) is 10.5. The monoisotopic (exact) mass is 539 g/mol. The average Bonchev–Trinajstić information content (AvgIpc) is 3.49. The van der Waals surface area contributed by atoms with E-state index in [4.69, 9.17) is 24.2 Å². The maximum Gasteiger partial charge on any atom is 0.490 e. The van der Waals surface area contributed by atoms with Crippen molar-refractivity contribution in [2.45, 2.75) is 57.3 Å². The van der Waals surface area contributed by atoms with Crippen LogP contribution in [-0.2, 0) is 27.5 Å². The largest absolute Gasteiger partial charge is 0.490 e. The second-order valence-corrected chi connectivity index (χ2v) is 8.08. The van der Waals surface area contributed by atoms with Crippen molar-refractivity contribution >= 4 is 17.8 Å². The number of nitrogens with zero attached hydrogens (tertiary/aromatic N) is 3. The minimum Gasteiger partial charge on any atom is -0.475 e. The lowest BCUT2D eigenvalue weighted by Gasteiger charge is -2.25. The summed E-state index contributed by atoms with van der Waals surface area (Å²) in [5, 5.41) is 14.2. The van der Waals surface area contributed by atoms with Crippen LogP contribution in [0.1, 0.15) is 30.0 Å². The molecule has 0 aliphatic carbocycles. The maximum absolute atomic E-state index is 12.5. The van der Waals surface area contributed by atoms with E-state index in [1.54, 1.807) is 6.26 Å². The number of pyridine rings is 1. The van der Waals surface area contributed by atoms with Gasteiger partial charge in [0.05, 0.1) is 25.0 Å². The van der Waals surface area contributed by atoms with Gasteiger partial charge in [-0.1, -0.05) is 6.07 Å². The molecule has 2 fully saturated rings. The van der Waals surface area contributed by atoms with Crippen LogP contribution >= 0.6 is 0 Å². The molecule has 37 heavy (non-hydrogen) atoms. The van der Waals surface area contributed by atoms with Gasteiger partial charge in [0.15, 0.2) is 0 Å². The highest BCUT2D eigenvalue weighted by Gasteiger charge is 2.46. The molecule has 1 amide bonds. The first kappa shape index (κ1) is 29.6. The van der Waals surface area contributed by atoms with E-state index in [9.17, 15) is 31.1 Å². The van der Waals surface area contributed by atoms with Gasteiger partial charge in [0.2, 0.25) is 5.91 Å². The lowest BCUT2D eigenvalue weighted by atomic mass is 10.1. The van der Waals surface area contributed by atoms with E-state index in [1.165, 1.54) is 0 Å². The van der Waals surface area contributed by atoms with Gasteiger partial charge in [0.25, 0.3) is 0 Å². The standard InChI is InChI=1S/C18H21N3O2.2C2HF3O2/c1-13-4-2-5-14(19-13)11-21-16-7-8-20(17(16)10-18(21)22)12-15-6-3-9-23-15;2*3-2(4,5)1(6)7/h2-6,9,16-17H,7-8,10-12H2,1H3;2*(H,6,7)/t16-,17-;;/m0../s1. The van der Waals surface area contributed by atoms with Crippen molar-refractivity contribution in [3.05, 3.63) is 53.7 Å². The van der Waals surface area contributed by atoms with Crippen LogP contribution in [0, 0.1) is 6.92 Å². The molecule has 2 atom stereocenters. The Labute approximate surface area is 206 Å². The molecule has 4 rings (SSSR count). The van der Waals surface area contributed by atoms with Crippen molar-refractivity contribution in [1.29, 1.82) is 0 Å². The van der Waals surface area contributed by atoms with Crippen molar-refractivity contribution in [1.82, 2.24) is 14.8 Å². The van der Waals surface area contributed by atoms with E-state index in [0.29, 0.717) is 25.0 Å². The Hall–Kier alpha value is -3.62. The molecule has 2 aromatic rings. The molecule has 2 aromatic heterocycles. The number of carbonyl (C=O) groups is 3. The minimum atomic E-state index is -5.08. The summed E-state index contributed by atoms with van der Waals surface area (Å²) in [5.41, 5.74) is 1.97. The smallest absolute Gasteiger partial charge is 0.475 e. The Morgan fingerprint density at radius 2 is 1.59 bits per heavy atom. The predicted octanol–water partition coefficient (Wildman–Crippen LogP) is 3.63. The number of hydrogen-bond donors (Lipinski definition) is 2. The number of aryl methyl sites for hydroxylation is 1. The van der Waals surface area contributed by atoms with Crippen LogP contribution in [0.25, 0.3) is 0 Å². The van der Waals surface area contributed by atoms with Gasteiger partial charge in [-0.2, -0.15) is 26.3 Å². The number of aliphatic carboxylic acids is 2. The number of fused-ring (bicyclic) bond motifs is 1. The predicted molar refractivity (Wildman–Crippen MR) is 113 cm³/mol. The van der Waals surface area contributed by atoms with Crippen molar-refractivity contribution in [3.8, 4) is 0 Å². The van der Waals surface area contributed by atoms with Crippen LogP contribution in [0.4, 0.5) is 26.3 Å². The minimum absolute atomic E-state index is 0.243. The number of alkyl halides is 6. The highest BCUT2D eigenvalue weighted by molar-refractivity contribution is 5.80. The third-order valence-electron chi connectivity index (χ3n) is 5.43. The Balaban J connectivity index is 0.000000286. The molecule has 2 aliphatic rings. The van der Waals surface area contributed by atoms with Crippen molar-refractivity contribution in [2.24, 2.45) is 0 Å². The van der Waals surface area contributed by atoms with Crippen LogP contribution in [0.5, 0.6) is 0 Å². The van der Waals surface area contributed by atoms with Gasteiger partial charge in [-0.25, -0.2) is 9.59 Å². The molecule has 0 saturated carbocycles. The highest BCUT2D eigenvalue weighted by Crippen LogP contribution is 2.34. The summed E-state index contributed by atoms with van der Waals surface area (Å²) in [4.78, 5) is 39.2. The number of carboxylic acids is 2. The zero-order chi connectivity index (χ0) is 28.0. The van der Waals surface area contributed by atoms with Gasteiger partial charge in [0.1, 0.15) is 5.76 Å². The number of aromatic nitrogens is 1. The molecule has 2 aliphatic heterocycles. The zero-order valence-corrected chi connectivity index (χ0v) is 19.3. The highest BCUT2D eigenvalue weighted by atomic mass is 19.4. The van der Waals surface area contributed by atoms with E-state index in [2.05, 4.69) is 9.88 Å². The SMILES string of the molecule is Cc1cccc(CN2C(=O)C[C@H]3[C@@H]2CCN3Cc2ccco2)n1.O=C(O)C(F)(F)F.O=C(O)C(F)(F)F. The quantitative estimate of drug-likeness (QED) is 0.565. The Bertz CT molecular complexity index is 1050. The molecule has 2 N–H and O–H groups in total. The molecule has 4 heterocycles. The zero-order valence-electron chi connectivity index (χ0n) is 19.3. The third kappa shape index (κ3) is 8.77. The van der Waals surface area contributed by atoms with Gasteiger partial charge < -0.3 is 19.5 Å². The van der Waals surface area contributed by atoms with Gasteiger partial charge in [-0.3, -0.25) is 14.7 Å². The number of carboxylic acid groups (broad SMARTS) is 2. The average molecular weight is 539 g/mol. The van der Waals surface area contributed by atoms with E-state index >= 15 is 0 Å². The van der Waals surface area contributed by atoms with Crippen LogP contribution in [0.15, 0.2) is 41.0 Å². The van der Waals surface area contributed by atoms with Crippen LogP contribution < -0.4 is 0 Å². The summed E-state index contributed by atoms with van der Waals surface area (Å²) in [5.74, 6) is -4.30. The Morgan fingerprint density at radius 1 is 1.00 bits per heavy atom. The first-order chi connectivity index (χ1) is 17.1. The molecule has 0 aromatic carbocycles. The van der Waals surface area contributed by atoms with Crippen LogP contribution in [-0.4, -0.2) is 73.8 Å². The molecular weight excluding hydrogens is 516 g/mol. The van der Waals surface area contributed by atoms with Crippen LogP contribution in [0.3, 0.4) is 0 Å². The normalized spacial score (nSPS) is 19.4. The molecular formula is C22H23F6N3O6. The number of hydrogen-bond acceptors (Lipinski definition) is 6. The first-order valence-electron chi connectivity index (χ1n) is 10.7. The molecule has 0 radical (unpaired) electrons.